The van der Waals surface area contributed by atoms with Crippen molar-refractivity contribution in [3.05, 3.63) is 46.8 Å². The van der Waals surface area contributed by atoms with Gasteiger partial charge in [-0.2, -0.15) is 0 Å². The van der Waals surface area contributed by atoms with Crippen molar-refractivity contribution in [3.8, 4) is 23.5 Å². The van der Waals surface area contributed by atoms with E-state index in [9.17, 15) is 0 Å². The van der Waals surface area contributed by atoms with Gasteiger partial charge in [0.05, 0.1) is 6.20 Å². The lowest BCUT2D eigenvalue weighted by atomic mass is 9.92. The Kier molecular flexibility index (Phi) is 5.34. The van der Waals surface area contributed by atoms with Gasteiger partial charge in [0.25, 0.3) is 0 Å². The Morgan fingerprint density at radius 2 is 1.92 bits per heavy atom. The van der Waals surface area contributed by atoms with Crippen LogP contribution in [0.4, 0.5) is 0 Å². The molecule has 2 aromatic heterocycles. The van der Waals surface area contributed by atoms with Crippen LogP contribution in [-0.2, 0) is 0 Å². The molecule has 3 rings (SSSR count). The van der Waals surface area contributed by atoms with Gasteiger partial charge < -0.3 is 14.6 Å². The van der Waals surface area contributed by atoms with Crippen LogP contribution in [0.5, 0.6) is 11.6 Å². The van der Waals surface area contributed by atoms with Crippen LogP contribution in [-0.4, -0.2) is 33.4 Å². The zero-order chi connectivity index (χ0) is 16.9. The molecule has 5 nitrogen and oxygen atoms in total. The van der Waals surface area contributed by atoms with E-state index in [0.717, 1.165) is 17.3 Å². The molecule has 1 atom stereocenters. The standard InChI is InChI=1S/C18H17BrN2O3/c1-12(22)2-4-14-5-6-15(11-20-14)23-16-8-17(9-16)24-18-7-3-13(19)10-21-18/h3,5-7,10-12,16-17,22H,8-9H2,1H3/t12?,16-,17-. The summed E-state index contributed by atoms with van der Waals surface area (Å²) < 4.78 is 12.6. The zero-order valence-corrected chi connectivity index (χ0v) is 14.7. The van der Waals surface area contributed by atoms with Crippen LogP contribution < -0.4 is 9.47 Å². The van der Waals surface area contributed by atoms with E-state index < -0.39 is 6.10 Å². The zero-order valence-electron chi connectivity index (χ0n) is 13.1. The molecule has 1 saturated carbocycles. The average molecular weight is 389 g/mol. The number of pyridine rings is 2. The maximum absolute atomic E-state index is 9.13. The van der Waals surface area contributed by atoms with Crippen LogP contribution in [0.3, 0.4) is 0 Å². The molecule has 1 aliphatic rings. The Balaban J connectivity index is 1.45. The first-order valence-electron chi connectivity index (χ1n) is 7.69. The number of aliphatic hydroxyl groups is 1. The van der Waals surface area contributed by atoms with Crippen molar-refractivity contribution in [3.63, 3.8) is 0 Å². The molecule has 0 bridgehead atoms. The monoisotopic (exact) mass is 388 g/mol. The SMILES string of the molecule is CC(O)C#Cc1ccc(O[C@H]2C[C@H](Oc3ccc(Br)cn3)C2)cn1. The van der Waals surface area contributed by atoms with E-state index in [1.165, 1.54) is 0 Å². The van der Waals surface area contributed by atoms with Gasteiger partial charge >= 0.3 is 0 Å². The molecule has 6 heteroatoms. The highest BCUT2D eigenvalue weighted by Crippen LogP contribution is 2.29. The van der Waals surface area contributed by atoms with E-state index in [2.05, 4.69) is 37.7 Å². The van der Waals surface area contributed by atoms with Gasteiger partial charge in [0, 0.05) is 29.6 Å². The maximum Gasteiger partial charge on any atom is 0.213 e. The van der Waals surface area contributed by atoms with Crippen molar-refractivity contribution < 1.29 is 14.6 Å². The molecule has 2 heterocycles. The quantitative estimate of drug-likeness (QED) is 0.815. The van der Waals surface area contributed by atoms with Crippen LogP contribution in [0, 0.1) is 11.8 Å². The summed E-state index contributed by atoms with van der Waals surface area (Å²) in [6.45, 7) is 1.61. The Morgan fingerprint density at radius 3 is 2.54 bits per heavy atom. The van der Waals surface area contributed by atoms with Crippen LogP contribution in [0.15, 0.2) is 41.1 Å². The van der Waals surface area contributed by atoms with E-state index in [1.54, 1.807) is 25.4 Å². The highest BCUT2D eigenvalue weighted by molar-refractivity contribution is 9.10. The van der Waals surface area contributed by atoms with Crippen molar-refractivity contribution in [1.82, 2.24) is 9.97 Å². The van der Waals surface area contributed by atoms with Gasteiger partial charge in [-0.3, -0.25) is 0 Å². The van der Waals surface area contributed by atoms with Crippen LogP contribution in [0.1, 0.15) is 25.5 Å². The normalized spacial score (nSPS) is 20.3. The van der Waals surface area contributed by atoms with Gasteiger partial charge in [-0.25, -0.2) is 9.97 Å². The molecule has 1 N–H and O–H groups in total. The van der Waals surface area contributed by atoms with Crippen LogP contribution in [0.25, 0.3) is 0 Å². The lowest BCUT2D eigenvalue weighted by Crippen LogP contribution is -2.41. The molecular weight excluding hydrogens is 372 g/mol. The summed E-state index contributed by atoms with van der Waals surface area (Å²) in [5.74, 6) is 6.79. The summed E-state index contributed by atoms with van der Waals surface area (Å²) in [6.07, 6.45) is 4.61. The van der Waals surface area contributed by atoms with Gasteiger partial charge in [0.1, 0.15) is 29.8 Å². The van der Waals surface area contributed by atoms with Crippen molar-refractivity contribution in [1.29, 1.82) is 0 Å². The Bertz CT molecular complexity index is 730. The smallest absolute Gasteiger partial charge is 0.213 e. The number of ether oxygens (including phenoxy) is 2. The van der Waals surface area contributed by atoms with Crippen LogP contribution >= 0.6 is 15.9 Å². The first-order valence-corrected chi connectivity index (χ1v) is 8.48. The Hall–Kier alpha value is -2.10. The number of hydrogen-bond acceptors (Lipinski definition) is 5. The molecule has 0 aromatic carbocycles. The first-order chi connectivity index (χ1) is 11.6. The topological polar surface area (TPSA) is 64.5 Å². The minimum atomic E-state index is -0.658. The number of aliphatic hydroxyl groups excluding tert-OH is 1. The third kappa shape index (κ3) is 4.70. The fourth-order valence-electron chi connectivity index (χ4n) is 2.21. The van der Waals surface area contributed by atoms with E-state index in [-0.39, 0.29) is 12.2 Å². The summed E-state index contributed by atoms with van der Waals surface area (Å²) in [5.41, 5.74) is 0.611. The second kappa shape index (κ2) is 7.65. The summed E-state index contributed by atoms with van der Waals surface area (Å²) in [4.78, 5) is 8.40. The molecule has 0 radical (unpaired) electrons. The van der Waals surface area contributed by atoms with Gasteiger partial charge in [-0.05, 0) is 47.0 Å². The predicted octanol–water partition coefficient (Wildman–Crippen LogP) is 2.96. The second-order valence-electron chi connectivity index (χ2n) is 5.59. The van der Waals surface area contributed by atoms with E-state index in [0.29, 0.717) is 17.3 Å². The molecule has 2 aromatic rings. The van der Waals surface area contributed by atoms with Crippen LogP contribution in [0.2, 0.25) is 0 Å². The molecule has 1 fully saturated rings. The average Bonchev–Trinajstić information content (AvgIpc) is 2.54. The molecule has 0 amide bonds. The molecule has 124 valence electrons. The number of aromatic nitrogens is 2. The molecule has 24 heavy (non-hydrogen) atoms. The molecule has 0 spiro atoms. The van der Waals surface area contributed by atoms with E-state index in [1.807, 2.05) is 18.2 Å². The molecule has 0 saturated heterocycles. The summed E-state index contributed by atoms with van der Waals surface area (Å²) in [7, 11) is 0. The first kappa shape index (κ1) is 16.7. The van der Waals surface area contributed by atoms with Crippen molar-refractivity contribution in [2.24, 2.45) is 0 Å². The van der Waals surface area contributed by atoms with Gasteiger partial charge in [0.2, 0.25) is 5.88 Å². The van der Waals surface area contributed by atoms with Crippen molar-refractivity contribution in [2.45, 2.75) is 38.1 Å². The molecular formula is C18H17BrN2O3. The van der Waals surface area contributed by atoms with Gasteiger partial charge in [0.15, 0.2) is 0 Å². The highest BCUT2D eigenvalue weighted by Gasteiger charge is 2.33. The predicted molar refractivity (Wildman–Crippen MR) is 92.8 cm³/mol. The number of rotatable bonds is 4. The lowest BCUT2D eigenvalue weighted by Gasteiger charge is -2.34. The van der Waals surface area contributed by atoms with Gasteiger partial charge in [-0.1, -0.05) is 5.92 Å². The third-order valence-electron chi connectivity index (χ3n) is 3.49. The van der Waals surface area contributed by atoms with Crippen molar-refractivity contribution in [2.75, 3.05) is 0 Å². The molecule has 0 aliphatic heterocycles. The maximum atomic E-state index is 9.13. The van der Waals surface area contributed by atoms with E-state index >= 15 is 0 Å². The van der Waals surface area contributed by atoms with E-state index in [4.69, 9.17) is 14.6 Å². The number of nitrogens with zero attached hydrogens (tertiary/aromatic N) is 2. The van der Waals surface area contributed by atoms with Gasteiger partial charge in [-0.15, -0.1) is 0 Å². The molecule has 1 aliphatic carbocycles. The summed E-state index contributed by atoms with van der Waals surface area (Å²) >= 11 is 3.35. The number of hydrogen-bond donors (Lipinski definition) is 1. The fraction of sp³-hybridized carbons (Fsp3) is 0.333. The minimum Gasteiger partial charge on any atom is -0.489 e. The number of halogens is 1. The molecule has 1 unspecified atom stereocenters. The third-order valence-corrected chi connectivity index (χ3v) is 3.96. The Morgan fingerprint density at radius 1 is 1.12 bits per heavy atom. The highest BCUT2D eigenvalue weighted by atomic mass is 79.9. The largest absolute Gasteiger partial charge is 0.489 e. The lowest BCUT2D eigenvalue weighted by molar-refractivity contribution is 0.00207. The minimum absolute atomic E-state index is 0.127. The van der Waals surface area contributed by atoms with Crippen molar-refractivity contribution >= 4 is 15.9 Å². The Labute approximate surface area is 149 Å². The summed E-state index contributed by atoms with van der Waals surface area (Å²) in [5, 5.41) is 9.13. The second-order valence-corrected chi connectivity index (χ2v) is 6.51. The fourth-order valence-corrected chi connectivity index (χ4v) is 2.44. The summed E-state index contributed by atoms with van der Waals surface area (Å²) in [6, 6.07) is 7.37.